The molecule has 1 aromatic heterocycles. The molecule has 0 radical (unpaired) electrons. The standard InChI is InChI=1S/C6H7Br2N3/c1-2-9-6-5(8)11-4(7)3-10-6/h3H,2H2,1H3,(H,9,10). The van der Waals surface area contributed by atoms with E-state index in [1.54, 1.807) is 6.20 Å². The number of hydrogen-bond acceptors (Lipinski definition) is 3. The Bertz CT molecular complexity index is 252. The summed E-state index contributed by atoms with van der Waals surface area (Å²) in [6.45, 7) is 2.85. The van der Waals surface area contributed by atoms with E-state index in [9.17, 15) is 0 Å². The van der Waals surface area contributed by atoms with Crippen LogP contribution in [-0.2, 0) is 0 Å². The van der Waals surface area contributed by atoms with Crippen molar-refractivity contribution < 1.29 is 0 Å². The van der Waals surface area contributed by atoms with Crippen molar-refractivity contribution in [2.75, 3.05) is 11.9 Å². The van der Waals surface area contributed by atoms with Gasteiger partial charge in [-0.1, -0.05) is 0 Å². The molecule has 0 unspecified atom stereocenters. The highest BCUT2D eigenvalue weighted by Crippen LogP contribution is 2.18. The summed E-state index contributed by atoms with van der Waals surface area (Å²) in [5.74, 6) is 0.774. The van der Waals surface area contributed by atoms with Crippen LogP contribution in [0.25, 0.3) is 0 Å². The predicted molar refractivity (Wildman–Crippen MR) is 51.6 cm³/mol. The van der Waals surface area contributed by atoms with Crippen molar-refractivity contribution in [3.63, 3.8) is 0 Å². The van der Waals surface area contributed by atoms with Gasteiger partial charge in [0.1, 0.15) is 9.21 Å². The minimum absolute atomic E-state index is 0.728. The van der Waals surface area contributed by atoms with Gasteiger partial charge in [-0.25, -0.2) is 9.97 Å². The fourth-order valence-corrected chi connectivity index (χ4v) is 1.58. The third kappa shape index (κ3) is 2.41. The summed E-state index contributed by atoms with van der Waals surface area (Å²) >= 11 is 6.50. The lowest BCUT2D eigenvalue weighted by atomic mass is 10.6. The molecule has 0 aliphatic heterocycles. The maximum atomic E-state index is 4.10. The Hall–Kier alpha value is -0.160. The van der Waals surface area contributed by atoms with E-state index in [0.29, 0.717) is 0 Å². The van der Waals surface area contributed by atoms with Crippen LogP contribution in [0.2, 0.25) is 0 Å². The maximum absolute atomic E-state index is 4.10. The van der Waals surface area contributed by atoms with E-state index < -0.39 is 0 Å². The molecule has 0 saturated heterocycles. The van der Waals surface area contributed by atoms with Gasteiger partial charge in [0.25, 0.3) is 0 Å². The minimum atomic E-state index is 0.728. The topological polar surface area (TPSA) is 37.8 Å². The van der Waals surface area contributed by atoms with Crippen molar-refractivity contribution in [2.45, 2.75) is 6.92 Å². The van der Waals surface area contributed by atoms with Gasteiger partial charge in [0.2, 0.25) is 0 Å². The van der Waals surface area contributed by atoms with Crippen LogP contribution < -0.4 is 5.32 Å². The largest absolute Gasteiger partial charge is 0.368 e. The van der Waals surface area contributed by atoms with Crippen molar-refractivity contribution in [1.29, 1.82) is 0 Å². The molecule has 0 aromatic carbocycles. The molecule has 1 aromatic rings. The third-order valence-electron chi connectivity index (χ3n) is 1.04. The first kappa shape index (κ1) is 8.93. The molecule has 1 N–H and O–H groups in total. The smallest absolute Gasteiger partial charge is 0.159 e. The van der Waals surface area contributed by atoms with Gasteiger partial charge in [-0.05, 0) is 38.8 Å². The monoisotopic (exact) mass is 279 g/mol. The average molecular weight is 281 g/mol. The number of hydrogen-bond donors (Lipinski definition) is 1. The minimum Gasteiger partial charge on any atom is -0.368 e. The highest BCUT2D eigenvalue weighted by atomic mass is 79.9. The lowest BCUT2D eigenvalue weighted by Crippen LogP contribution is -2.00. The number of nitrogens with zero attached hydrogens (tertiary/aromatic N) is 2. The van der Waals surface area contributed by atoms with Gasteiger partial charge in [0.15, 0.2) is 5.82 Å². The van der Waals surface area contributed by atoms with E-state index in [-0.39, 0.29) is 0 Å². The SMILES string of the molecule is CCNc1ncc(Br)nc1Br. The van der Waals surface area contributed by atoms with Gasteiger partial charge in [-0.15, -0.1) is 0 Å². The molecule has 1 heterocycles. The van der Waals surface area contributed by atoms with Gasteiger partial charge >= 0.3 is 0 Å². The van der Waals surface area contributed by atoms with Crippen LogP contribution in [0.3, 0.4) is 0 Å². The quantitative estimate of drug-likeness (QED) is 0.904. The van der Waals surface area contributed by atoms with E-state index in [1.807, 2.05) is 6.92 Å². The van der Waals surface area contributed by atoms with E-state index in [0.717, 1.165) is 21.6 Å². The van der Waals surface area contributed by atoms with Crippen LogP contribution in [0.5, 0.6) is 0 Å². The van der Waals surface area contributed by atoms with E-state index in [4.69, 9.17) is 0 Å². The second-order valence-electron chi connectivity index (χ2n) is 1.86. The van der Waals surface area contributed by atoms with Gasteiger partial charge < -0.3 is 5.32 Å². The zero-order valence-electron chi connectivity index (χ0n) is 5.93. The second kappa shape index (κ2) is 4.01. The predicted octanol–water partition coefficient (Wildman–Crippen LogP) is 2.43. The molecule has 0 saturated carbocycles. The van der Waals surface area contributed by atoms with Crippen LogP contribution in [0.15, 0.2) is 15.4 Å². The molecule has 3 nitrogen and oxygen atoms in total. The van der Waals surface area contributed by atoms with E-state index >= 15 is 0 Å². The summed E-state index contributed by atoms with van der Waals surface area (Å²) in [5.41, 5.74) is 0. The Balaban J connectivity index is 2.90. The fraction of sp³-hybridized carbons (Fsp3) is 0.333. The molecule has 0 atom stereocenters. The number of aromatic nitrogens is 2. The van der Waals surface area contributed by atoms with Gasteiger partial charge in [0.05, 0.1) is 6.20 Å². The summed E-state index contributed by atoms with van der Waals surface area (Å²) < 4.78 is 1.46. The molecule has 1 rings (SSSR count). The molecule has 0 aliphatic carbocycles. The van der Waals surface area contributed by atoms with Crippen molar-refractivity contribution in [1.82, 2.24) is 9.97 Å². The number of anilines is 1. The van der Waals surface area contributed by atoms with Crippen LogP contribution in [0, 0.1) is 0 Å². The molecule has 11 heavy (non-hydrogen) atoms. The second-order valence-corrected chi connectivity index (χ2v) is 3.43. The molecule has 0 spiro atoms. The highest BCUT2D eigenvalue weighted by Gasteiger charge is 2.00. The molecular weight excluding hydrogens is 274 g/mol. The lowest BCUT2D eigenvalue weighted by molar-refractivity contribution is 1.08. The van der Waals surface area contributed by atoms with E-state index in [1.165, 1.54) is 0 Å². The first-order valence-corrected chi connectivity index (χ1v) is 4.74. The van der Waals surface area contributed by atoms with Crippen LogP contribution >= 0.6 is 31.9 Å². The number of nitrogens with one attached hydrogen (secondary N) is 1. The first-order valence-electron chi connectivity index (χ1n) is 3.16. The average Bonchev–Trinajstić information content (AvgIpc) is 1.95. The van der Waals surface area contributed by atoms with Crippen LogP contribution in [-0.4, -0.2) is 16.5 Å². The summed E-state index contributed by atoms with van der Waals surface area (Å²) in [7, 11) is 0. The van der Waals surface area contributed by atoms with Gasteiger partial charge in [-0.3, -0.25) is 0 Å². The van der Waals surface area contributed by atoms with Crippen LogP contribution in [0.4, 0.5) is 5.82 Å². The normalized spacial score (nSPS) is 9.73. The fourth-order valence-electron chi connectivity index (χ4n) is 0.633. The highest BCUT2D eigenvalue weighted by molar-refractivity contribution is 9.11. The maximum Gasteiger partial charge on any atom is 0.159 e. The molecular formula is C6H7Br2N3. The number of halogens is 2. The molecule has 0 amide bonds. The molecule has 0 fully saturated rings. The summed E-state index contributed by atoms with van der Waals surface area (Å²) in [4.78, 5) is 8.20. The zero-order valence-corrected chi connectivity index (χ0v) is 9.11. The number of rotatable bonds is 2. The molecule has 0 bridgehead atoms. The van der Waals surface area contributed by atoms with Crippen molar-refractivity contribution in [3.05, 3.63) is 15.4 Å². The molecule has 5 heteroatoms. The summed E-state index contributed by atoms with van der Waals surface area (Å²) in [6, 6.07) is 0. The Morgan fingerprint density at radius 3 is 2.82 bits per heavy atom. The van der Waals surface area contributed by atoms with Crippen molar-refractivity contribution >= 4 is 37.7 Å². The Morgan fingerprint density at radius 1 is 1.55 bits per heavy atom. The van der Waals surface area contributed by atoms with Gasteiger partial charge in [-0.2, -0.15) is 0 Å². The van der Waals surface area contributed by atoms with E-state index in [2.05, 4.69) is 47.1 Å². The van der Waals surface area contributed by atoms with Crippen molar-refractivity contribution in [2.24, 2.45) is 0 Å². The Kier molecular flexibility index (Phi) is 3.26. The van der Waals surface area contributed by atoms with Crippen LogP contribution in [0.1, 0.15) is 6.92 Å². The lowest BCUT2D eigenvalue weighted by Gasteiger charge is -2.02. The Morgan fingerprint density at radius 2 is 2.27 bits per heavy atom. The van der Waals surface area contributed by atoms with Gasteiger partial charge in [0, 0.05) is 6.54 Å². The zero-order chi connectivity index (χ0) is 8.27. The Labute approximate surface area is 81.9 Å². The summed E-state index contributed by atoms with van der Waals surface area (Å²) in [5, 5.41) is 3.06. The summed E-state index contributed by atoms with van der Waals surface area (Å²) in [6.07, 6.45) is 1.66. The molecule has 0 aliphatic rings. The third-order valence-corrected chi connectivity index (χ3v) is 1.98. The first-order chi connectivity index (χ1) is 5.24. The molecule has 60 valence electrons. The van der Waals surface area contributed by atoms with Crippen molar-refractivity contribution in [3.8, 4) is 0 Å².